The van der Waals surface area contributed by atoms with E-state index in [-0.39, 0.29) is 24.4 Å². The van der Waals surface area contributed by atoms with Crippen molar-refractivity contribution in [1.29, 1.82) is 0 Å². The zero-order valence-corrected chi connectivity index (χ0v) is 19.0. The van der Waals surface area contributed by atoms with Crippen LogP contribution < -0.4 is 10.2 Å². The minimum absolute atomic E-state index is 0.0200. The van der Waals surface area contributed by atoms with Crippen LogP contribution >= 0.6 is 0 Å². The average Bonchev–Trinajstić information content (AvgIpc) is 2.72. The third-order valence-corrected chi connectivity index (χ3v) is 5.24. The Labute approximate surface area is 180 Å². The highest BCUT2D eigenvalue weighted by atomic mass is 16.2. The molecule has 2 aromatic rings. The minimum Gasteiger partial charge on any atom is -0.378 e. The number of nitrogens with one attached hydrogen (secondary N) is 1. The van der Waals surface area contributed by atoms with E-state index < -0.39 is 0 Å². The van der Waals surface area contributed by atoms with Crippen molar-refractivity contribution in [3.8, 4) is 0 Å². The van der Waals surface area contributed by atoms with Gasteiger partial charge in [-0.1, -0.05) is 36.8 Å². The smallest absolute Gasteiger partial charge is 0.243 e. The van der Waals surface area contributed by atoms with E-state index in [0.717, 1.165) is 29.0 Å². The van der Waals surface area contributed by atoms with E-state index in [0.29, 0.717) is 6.54 Å². The summed E-state index contributed by atoms with van der Waals surface area (Å²) in [4.78, 5) is 30.9. The molecule has 2 amide bonds. The molecule has 0 radical (unpaired) electrons. The predicted octanol–water partition coefficient (Wildman–Crippen LogP) is 3.37. The van der Waals surface area contributed by atoms with Gasteiger partial charge in [-0.25, -0.2) is 0 Å². The molecule has 162 valence electrons. The Morgan fingerprint density at radius 3 is 2.10 bits per heavy atom. The standard InChI is InChI=1S/C24H34N4O2/c1-7-28(16-20-10-14-22(15-11-20)26(4)5)19(3)24(30)27(6)17-23(29)25-21-12-8-18(2)9-13-21/h8-15,19H,7,16-17H2,1-6H3,(H,25,29)/t19-/m0/s1. The maximum atomic E-state index is 12.9. The van der Waals surface area contributed by atoms with E-state index in [1.807, 2.05) is 59.1 Å². The first-order valence-electron chi connectivity index (χ1n) is 10.3. The number of carbonyl (C=O) groups is 2. The normalized spacial score (nSPS) is 11.8. The fourth-order valence-corrected chi connectivity index (χ4v) is 3.26. The molecule has 0 aliphatic carbocycles. The summed E-state index contributed by atoms with van der Waals surface area (Å²) < 4.78 is 0. The molecule has 0 saturated heterocycles. The lowest BCUT2D eigenvalue weighted by Gasteiger charge is -2.30. The Morgan fingerprint density at radius 2 is 1.57 bits per heavy atom. The Bertz CT molecular complexity index is 831. The van der Waals surface area contributed by atoms with Crippen molar-refractivity contribution < 1.29 is 9.59 Å². The van der Waals surface area contributed by atoms with Crippen LogP contribution in [0.25, 0.3) is 0 Å². The van der Waals surface area contributed by atoms with Crippen LogP contribution in [-0.2, 0) is 16.1 Å². The van der Waals surface area contributed by atoms with Crippen molar-refractivity contribution in [2.75, 3.05) is 44.4 Å². The molecule has 2 aromatic carbocycles. The Balaban J connectivity index is 1.93. The van der Waals surface area contributed by atoms with Crippen LogP contribution in [0.4, 0.5) is 11.4 Å². The van der Waals surface area contributed by atoms with Crippen LogP contribution in [-0.4, -0.2) is 61.9 Å². The molecule has 0 heterocycles. The maximum Gasteiger partial charge on any atom is 0.243 e. The molecule has 6 nitrogen and oxygen atoms in total. The van der Waals surface area contributed by atoms with Gasteiger partial charge in [-0.3, -0.25) is 14.5 Å². The van der Waals surface area contributed by atoms with Crippen LogP contribution in [0.3, 0.4) is 0 Å². The molecule has 0 saturated carbocycles. The number of anilines is 2. The average molecular weight is 411 g/mol. The van der Waals surface area contributed by atoms with Gasteiger partial charge in [0.25, 0.3) is 0 Å². The van der Waals surface area contributed by atoms with E-state index >= 15 is 0 Å². The molecule has 2 rings (SSSR count). The zero-order valence-electron chi connectivity index (χ0n) is 19.0. The van der Waals surface area contributed by atoms with Crippen molar-refractivity contribution in [2.24, 2.45) is 0 Å². The van der Waals surface area contributed by atoms with Crippen LogP contribution in [0.15, 0.2) is 48.5 Å². The van der Waals surface area contributed by atoms with Gasteiger partial charge in [0.1, 0.15) is 0 Å². The first-order valence-corrected chi connectivity index (χ1v) is 10.3. The molecule has 6 heteroatoms. The summed E-state index contributed by atoms with van der Waals surface area (Å²) in [6.07, 6.45) is 0. The van der Waals surface area contributed by atoms with Gasteiger partial charge < -0.3 is 15.1 Å². The van der Waals surface area contributed by atoms with Crippen molar-refractivity contribution in [1.82, 2.24) is 9.80 Å². The molecule has 0 fully saturated rings. The van der Waals surface area contributed by atoms with Crippen LogP contribution in [0.5, 0.6) is 0 Å². The number of aryl methyl sites for hydroxylation is 1. The summed E-state index contributed by atoms with van der Waals surface area (Å²) in [5.41, 5.74) is 4.16. The fraction of sp³-hybridized carbons (Fsp3) is 0.417. The topological polar surface area (TPSA) is 55.9 Å². The van der Waals surface area contributed by atoms with Crippen LogP contribution in [0.1, 0.15) is 25.0 Å². The van der Waals surface area contributed by atoms with Crippen molar-refractivity contribution in [3.05, 3.63) is 59.7 Å². The van der Waals surface area contributed by atoms with Gasteiger partial charge in [0.2, 0.25) is 11.8 Å². The summed E-state index contributed by atoms with van der Waals surface area (Å²) >= 11 is 0. The molecule has 1 atom stereocenters. The second-order valence-corrected chi connectivity index (χ2v) is 7.91. The summed E-state index contributed by atoms with van der Waals surface area (Å²) in [6.45, 7) is 7.38. The molecular formula is C24H34N4O2. The lowest BCUT2D eigenvalue weighted by Crippen LogP contribution is -2.47. The zero-order chi connectivity index (χ0) is 22.3. The molecule has 0 spiro atoms. The van der Waals surface area contributed by atoms with Gasteiger partial charge in [-0.15, -0.1) is 0 Å². The highest BCUT2D eigenvalue weighted by molar-refractivity contribution is 5.95. The second kappa shape index (κ2) is 10.8. The van der Waals surface area contributed by atoms with Gasteiger partial charge >= 0.3 is 0 Å². The van der Waals surface area contributed by atoms with E-state index in [2.05, 4.69) is 39.4 Å². The number of rotatable bonds is 9. The summed E-state index contributed by atoms with van der Waals surface area (Å²) in [7, 11) is 5.70. The van der Waals surface area contributed by atoms with Crippen molar-refractivity contribution >= 4 is 23.2 Å². The Morgan fingerprint density at radius 1 is 0.967 bits per heavy atom. The molecule has 0 aromatic heterocycles. The van der Waals surface area contributed by atoms with E-state index in [4.69, 9.17) is 0 Å². The molecular weight excluding hydrogens is 376 g/mol. The number of hydrogen-bond acceptors (Lipinski definition) is 4. The van der Waals surface area contributed by atoms with Gasteiger partial charge in [0.15, 0.2) is 0 Å². The van der Waals surface area contributed by atoms with Gasteiger partial charge in [0, 0.05) is 39.1 Å². The summed E-state index contributed by atoms with van der Waals surface area (Å²) in [5.74, 6) is -0.273. The van der Waals surface area contributed by atoms with Gasteiger partial charge in [-0.2, -0.15) is 0 Å². The number of likely N-dealkylation sites (N-methyl/N-ethyl adjacent to an activating group) is 2. The van der Waals surface area contributed by atoms with E-state index in [1.54, 1.807) is 7.05 Å². The second-order valence-electron chi connectivity index (χ2n) is 7.91. The lowest BCUT2D eigenvalue weighted by atomic mass is 10.1. The first-order chi connectivity index (χ1) is 14.2. The molecule has 1 N–H and O–H groups in total. The highest BCUT2D eigenvalue weighted by Crippen LogP contribution is 2.15. The third-order valence-electron chi connectivity index (χ3n) is 5.24. The first kappa shape index (κ1) is 23.4. The molecule has 0 aliphatic heterocycles. The van der Waals surface area contributed by atoms with Crippen molar-refractivity contribution in [3.63, 3.8) is 0 Å². The third kappa shape index (κ3) is 6.59. The molecule has 0 aliphatic rings. The Hall–Kier alpha value is -2.86. The fourth-order valence-electron chi connectivity index (χ4n) is 3.26. The van der Waals surface area contributed by atoms with Crippen LogP contribution in [0, 0.1) is 6.92 Å². The van der Waals surface area contributed by atoms with Gasteiger partial charge in [-0.05, 0) is 50.2 Å². The van der Waals surface area contributed by atoms with E-state index in [9.17, 15) is 9.59 Å². The summed E-state index contributed by atoms with van der Waals surface area (Å²) in [6, 6.07) is 15.6. The number of carbonyl (C=O) groups excluding carboxylic acids is 2. The largest absolute Gasteiger partial charge is 0.378 e. The summed E-state index contributed by atoms with van der Waals surface area (Å²) in [5, 5.41) is 2.84. The van der Waals surface area contributed by atoms with Crippen molar-refractivity contribution in [2.45, 2.75) is 33.4 Å². The molecule has 30 heavy (non-hydrogen) atoms. The predicted molar refractivity (Wildman–Crippen MR) is 124 cm³/mol. The van der Waals surface area contributed by atoms with E-state index in [1.165, 1.54) is 4.90 Å². The Kier molecular flexibility index (Phi) is 8.42. The minimum atomic E-state index is -0.319. The molecule has 0 bridgehead atoms. The monoisotopic (exact) mass is 410 g/mol. The number of amides is 2. The van der Waals surface area contributed by atoms with Crippen LogP contribution in [0.2, 0.25) is 0 Å². The quantitative estimate of drug-likeness (QED) is 0.689. The maximum absolute atomic E-state index is 12.9. The molecule has 0 unspecified atom stereocenters. The number of benzene rings is 2. The SMILES string of the molecule is CCN(Cc1ccc(N(C)C)cc1)[C@@H](C)C(=O)N(C)CC(=O)Nc1ccc(C)cc1. The highest BCUT2D eigenvalue weighted by Gasteiger charge is 2.24. The lowest BCUT2D eigenvalue weighted by molar-refractivity contribution is -0.137. The number of nitrogens with zero attached hydrogens (tertiary/aromatic N) is 3. The number of hydrogen-bond donors (Lipinski definition) is 1. The van der Waals surface area contributed by atoms with Gasteiger partial charge in [0.05, 0.1) is 12.6 Å².